The maximum Gasteiger partial charge on any atom is 0.273 e. The molecule has 0 saturated heterocycles. The molecule has 1 atom stereocenters. The molecule has 0 bridgehead atoms. The topological polar surface area (TPSA) is 83.9 Å². The minimum atomic E-state index is -0.796. The van der Waals surface area contributed by atoms with Crippen LogP contribution in [0.5, 0.6) is 5.19 Å². The number of methoxy groups -OCH3 is 1. The van der Waals surface area contributed by atoms with E-state index >= 15 is 0 Å². The van der Waals surface area contributed by atoms with Gasteiger partial charge in [0.05, 0.1) is 18.2 Å². The van der Waals surface area contributed by atoms with E-state index in [-0.39, 0.29) is 0 Å². The fourth-order valence-electron chi connectivity index (χ4n) is 0.979. The van der Waals surface area contributed by atoms with Crippen LogP contribution in [0.4, 0.5) is 0 Å². The van der Waals surface area contributed by atoms with Crippen LogP contribution in [0.1, 0.15) is 16.7 Å². The third kappa shape index (κ3) is 1.59. The summed E-state index contributed by atoms with van der Waals surface area (Å²) in [5.74, 6) is 0. The SMILES string of the molecule is COc1ncc(C(O)c2cn[nH]n2)s1. The van der Waals surface area contributed by atoms with E-state index in [0.717, 1.165) is 0 Å². The molecule has 0 spiro atoms. The molecule has 0 saturated carbocycles. The Balaban J connectivity index is 2.23. The van der Waals surface area contributed by atoms with Gasteiger partial charge in [-0.15, -0.1) is 0 Å². The molecule has 0 amide bonds. The summed E-state index contributed by atoms with van der Waals surface area (Å²) >= 11 is 1.27. The number of aliphatic hydroxyl groups is 1. The highest BCUT2D eigenvalue weighted by Gasteiger charge is 2.16. The summed E-state index contributed by atoms with van der Waals surface area (Å²) in [5.41, 5.74) is 0.469. The van der Waals surface area contributed by atoms with Gasteiger partial charge in [-0.1, -0.05) is 11.3 Å². The third-order valence-electron chi connectivity index (χ3n) is 1.66. The van der Waals surface area contributed by atoms with Gasteiger partial charge in [0.15, 0.2) is 0 Å². The Kier molecular flexibility index (Phi) is 2.42. The molecule has 2 heterocycles. The van der Waals surface area contributed by atoms with Crippen molar-refractivity contribution >= 4 is 11.3 Å². The van der Waals surface area contributed by atoms with E-state index in [1.165, 1.54) is 24.6 Å². The second kappa shape index (κ2) is 3.72. The summed E-state index contributed by atoms with van der Waals surface area (Å²) in [6.45, 7) is 0. The molecule has 0 fully saturated rings. The van der Waals surface area contributed by atoms with Crippen LogP contribution in [0.15, 0.2) is 12.4 Å². The largest absolute Gasteiger partial charge is 0.473 e. The molecule has 2 N–H and O–H groups in total. The lowest BCUT2D eigenvalue weighted by atomic mass is 10.2. The Morgan fingerprint density at radius 1 is 1.57 bits per heavy atom. The van der Waals surface area contributed by atoms with Crippen molar-refractivity contribution in [1.29, 1.82) is 0 Å². The van der Waals surface area contributed by atoms with Crippen molar-refractivity contribution in [1.82, 2.24) is 20.4 Å². The molecule has 6 nitrogen and oxygen atoms in total. The van der Waals surface area contributed by atoms with E-state index in [0.29, 0.717) is 15.8 Å². The molecule has 0 aliphatic heterocycles. The van der Waals surface area contributed by atoms with Crippen LogP contribution in [0.25, 0.3) is 0 Å². The first-order valence-electron chi connectivity index (χ1n) is 3.84. The maximum absolute atomic E-state index is 9.78. The predicted molar refractivity (Wildman–Crippen MR) is 49.1 cm³/mol. The molecule has 0 aromatic carbocycles. The maximum atomic E-state index is 9.78. The summed E-state index contributed by atoms with van der Waals surface area (Å²) in [6.07, 6.45) is 2.23. The highest BCUT2D eigenvalue weighted by molar-refractivity contribution is 7.13. The standard InChI is InChI=1S/C7H8N4O2S/c1-13-7-8-3-5(14-7)6(12)4-2-9-11-10-4/h2-3,6,12H,1H3,(H,9,10,11). The summed E-state index contributed by atoms with van der Waals surface area (Å²) in [6, 6.07) is 0. The Labute approximate surface area is 83.6 Å². The Bertz CT molecular complexity index is 399. The molecule has 2 rings (SSSR count). The number of ether oxygens (including phenoxy) is 1. The number of hydrogen-bond donors (Lipinski definition) is 2. The van der Waals surface area contributed by atoms with Gasteiger partial charge in [0.1, 0.15) is 11.8 Å². The number of H-pyrrole nitrogens is 1. The molecular formula is C7H8N4O2S. The van der Waals surface area contributed by atoms with Gasteiger partial charge in [-0.2, -0.15) is 15.4 Å². The zero-order valence-corrected chi connectivity index (χ0v) is 8.15. The van der Waals surface area contributed by atoms with Gasteiger partial charge in [0.25, 0.3) is 5.19 Å². The van der Waals surface area contributed by atoms with Crippen molar-refractivity contribution in [2.45, 2.75) is 6.10 Å². The number of nitrogens with zero attached hydrogens (tertiary/aromatic N) is 3. The van der Waals surface area contributed by atoms with Gasteiger partial charge in [0, 0.05) is 6.20 Å². The zero-order chi connectivity index (χ0) is 9.97. The fraction of sp³-hybridized carbons (Fsp3) is 0.286. The molecule has 14 heavy (non-hydrogen) atoms. The minimum Gasteiger partial charge on any atom is -0.473 e. The molecule has 0 aliphatic carbocycles. The highest BCUT2D eigenvalue weighted by Crippen LogP contribution is 2.28. The van der Waals surface area contributed by atoms with Gasteiger partial charge >= 0.3 is 0 Å². The number of rotatable bonds is 3. The van der Waals surface area contributed by atoms with Gasteiger partial charge in [-0.25, -0.2) is 4.98 Å². The summed E-state index contributed by atoms with van der Waals surface area (Å²) in [7, 11) is 1.53. The van der Waals surface area contributed by atoms with Crippen molar-refractivity contribution in [3.63, 3.8) is 0 Å². The molecule has 0 radical (unpaired) electrons. The Hall–Kier alpha value is -1.47. The molecular weight excluding hydrogens is 204 g/mol. The van der Waals surface area contributed by atoms with E-state index in [9.17, 15) is 5.11 Å². The van der Waals surface area contributed by atoms with E-state index in [1.807, 2.05) is 0 Å². The normalized spacial score (nSPS) is 12.7. The molecule has 1 unspecified atom stereocenters. The van der Waals surface area contributed by atoms with Gasteiger partial charge < -0.3 is 9.84 Å². The third-order valence-corrected chi connectivity index (χ3v) is 2.67. The van der Waals surface area contributed by atoms with Crippen molar-refractivity contribution in [2.24, 2.45) is 0 Å². The average molecular weight is 212 g/mol. The lowest BCUT2D eigenvalue weighted by molar-refractivity contribution is 0.219. The van der Waals surface area contributed by atoms with Crippen LogP contribution in [-0.4, -0.2) is 32.6 Å². The van der Waals surface area contributed by atoms with Crippen molar-refractivity contribution in [2.75, 3.05) is 7.11 Å². The van der Waals surface area contributed by atoms with E-state index in [2.05, 4.69) is 20.4 Å². The van der Waals surface area contributed by atoms with Crippen LogP contribution >= 0.6 is 11.3 Å². The zero-order valence-electron chi connectivity index (χ0n) is 7.34. The summed E-state index contributed by atoms with van der Waals surface area (Å²) in [5, 5.41) is 20.1. The molecule has 0 aliphatic rings. The number of aromatic nitrogens is 4. The number of aliphatic hydroxyl groups excluding tert-OH is 1. The average Bonchev–Trinajstić information content (AvgIpc) is 2.88. The van der Waals surface area contributed by atoms with Crippen LogP contribution in [0, 0.1) is 0 Å². The van der Waals surface area contributed by atoms with Gasteiger partial charge in [0.2, 0.25) is 0 Å². The summed E-state index contributed by atoms with van der Waals surface area (Å²) < 4.78 is 4.91. The second-order valence-electron chi connectivity index (χ2n) is 2.53. The fourth-order valence-corrected chi connectivity index (χ4v) is 1.71. The smallest absolute Gasteiger partial charge is 0.273 e. The van der Waals surface area contributed by atoms with Crippen LogP contribution in [-0.2, 0) is 0 Å². The van der Waals surface area contributed by atoms with Crippen molar-refractivity contribution in [3.05, 3.63) is 23.0 Å². The van der Waals surface area contributed by atoms with Crippen LogP contribution in [0.2, 0.25) is 0 Å². The quantitative estimate of drug-likeness (QED) is 0.767. The van der Waals surface area contributed by atoms with E-state index < -0.39 is 6.10 Å². The van der Waals surface area contributed by atoms with Crippen molar-refractivity contribution in [3.8, 4) is 5.19 Å². The lowest BCUT2D eigenvalue weighted by Gasteiger charge is -2.01. The van der Waals surface area contributed by atoms with Gasteiger partial charge in [-0.05, 0) is 0 Å². The monoisotopic (exact) mass is 212 g/mol. The lowest BCUT2D eigenvalue weighted by Crippen LogP contribution is -1.97. The van der Waals surface area contributed by atoms with E-state index in [1.54, 1.807) is 6.20 Å². The van der Waals surface area contributed by atoms with Crippen LogP contribution in [0.3, 0.4) is 0 Å². The van der Waals surface area contributed by atoms with Gasteiger partial charge in [-0.3, -0.25) is 0 Å². The first kappa shape index (κ1) is 9.10. The number of thiazole rings is 1. The minimum absolute atomic E-state index is 0.469. The van der Waals surface area contributed by atoms with Crippen LogP contribution < -0.4 is 4.74 Å². The molecule has 74 valence electrons. The summed E-state index contributed by atoms with van der Waals surface area (Å²) in [4.78, 5) is 4.62. The first-order chi connectivity index (χ1) is 6.81. The van der Waals surface area contributed by atoms with E-state index in [4.69, 9.17) is 4.74 Å². The number of aromatic amines is 1. The predicted octanol–water partition coefficient (Wildman–Crippen LogP) is 0.351. The highest BCUT2D eigenvalue weighted by atomic mass is 32.1. The molecule has 2 aromatic heterocycles. The van der Waals surface area contributed by atoms with Crippen molar-refractivity contribution < 1.29 is 9.84 Å². The number of nitrogens with one attached hydrogen (secondary N) is 1. The second-order valence-corrected chi connectivity index (χ2v) is 3.55. The Morgan fingerprint density at radius 3 is 3.00 bits per heavy atom. The molecule has 7 heteroatoms. The Morgan fingerprint density at radius 2 is 2.43 bits per heavy atom. The number of hydrogen-bond acceptors (Lipinski definition) is 6. The first-order valence-corrected chi connectivity index (χ1v) is 4.66. The molecule has 2 aromatic rings.